The fourth-order valence-corrected chi connectivity index (χ4v) is 3.28. The molecule has 1 aromatic carbocycles. The molecular formula is C19H25N3O3. The van der Waals surface area contributed by atoms with E-state index in [1.807, 2.05) is 24.3 Å². The van der Waals surface area contributed by atoms with E-state index in [1.165, 1.54) is 0 Å². The molecule has 0 bridgehead atoms. The van der Waals surface area contributed by atoms with Crippen LogP contribution in [-0.2, 0) is 22.4 Å². The first-order valence-corrected chi connectivity index (χ1v) is 8.70. The maximum atomic E-state index is 12.4. The molecule has 25 heavy (non-hydrogen) atoms. The zero-order chi connectivity index (χ0) is 17.6. The number of H-pyrrole nitrogens is 1. The first-order valence-electron chi connectivity index (χ1n) is 8.70. The van der Waals surface area contributed by atoms with Crippen LogP contribution in [0.3, 0.4) is 0 Å². The molecule has 2 N–H and O–H groups in total. The predicted molar refractivity (Wildman–Crippen MR) is 95.6 cm³/mol. The Morgan fingerprint density at radius 3 is 2.84 bits per heavy atom. The average molecular weight is 343 g/mol. The van der Waals surface area contributed by atoms with Crippen molar-refractivity contribution in [3.05, 3.63) is 35.5 Å². The molecule has 1 heterocycles. The third-order valence-corrected chi connectivity index (χ3v) is 4.70. The van der Waals surface area contributed by atoms with Gasteiger partial charge < -0.3 is 14.8 Å². The third kappa shape index (κ3) is 4.02. The van der Waals surface area contributed by atoms with Crippen molar-refractivity contribution in [3.8, 4) is 17.0 Å². The average Bonchev–Trinajstić information content (AvgIpc) is 3.08. The van der Waals surface area contributed by atoms with Crippen LogP contribution in [0.5, 0.6) is 5.75 Å². The molecule has 1 atom stereocenters. The number of hydrogen-bond acceptors (Lipinski definition) is 4. The highest BCUT2D eigenvalue weighted by atomic mass is 16.5. The second-order valence-electron chi connectivity index (χ2n) is 6.33. The Bertz CT molecular complexity index is 709. The van der Waals surface area contributed by atoms with Crippen molar-refractivity contribution in [2.45, 2.75) is 25.7 Å². The van der Waals surface area contributed by atoms with E-state index < -0.39 is 0 Å². The number of ether oxygens (including phenoxy) is 2. The highest BCUT2D eigenvalue weighted by molar-refractivity contribution is 5.80. The summed E-state index contributed by atoms with van der Waals surface area (Å²) >= 11 is 0. The zero-order valence-electron chi connectivity index (χ0n) is 14.8. The Morgan fingerprint density at radius 1 is 1.32 bits per heavy atom. The van der Waals surface area contributed by atoms with E-state index in [9.17, 15) is 4.79 Å². The molecule has 6 heteroatoms. The van der Waals surface area contributed by atoms with Crippen molar-refractivity contribution in [2.24, 2.45) is 5.92 Å². The molecule has 6 nitrogen and oxygen atoms in total. The quantitative estimate of drug-likeness (QED) is 0.757. The highest BCUT2D eigenvalue weighted by Gasteiger charge is 2.28. The van der Waals surface area contributed by atoms with Crippen molar-refractivity contribution in [1.82, 2.24) is 15.5 Å². The minimum absolute atomic E-state index is 0.00430. The number of fused-ring (bicyclic) bond motifs is 1. The Labute approximate surface area is 147 Å². The topological polar surface area (TPSA) is 76.2 Å². The molecule has 1 aliphatic rings. The molecule has 0 fully saturated rings. The summed E-state index contributed by atoms with van der Waals surface area (Å²) in [6, 6.07) is 7.87. The highest BCUT2D eigenvalue weighted by Crippen LogP contribution is 2.32. The van der Waals surface area contributed by atoms with Gasteiger partial charge in [0.25, 0.3) is 0 Å². The summed E-state index contributed by atoms with van der Waals surface area (Å²) in [5, 5.41) is 10.7. The van der Waals surface area contributed by atoms with Crippen molar-refractivity contribution in [3.63, 3.8) is 0 Å². The first-order chi connectivity index (χ1) is 12.2. The van der Waals surface area contributed by atoms with Crippen LogP contribution in [-0.4, -0.2) is 43.5 Å². The number of rotatable bonds is 7. The van der Waals surface area contributed by atoms with Crippen LogP contribution in [0.15, 0.2) is 24.3 Å². The second-order valence-corrected chi connectivity index (χ2v) is 6.33. The monoisotopic (exact) mass is 343 g/mol. The number of aryl methyl sites for hydroxylation is 1. The maximum absolute atomic E-state index is 12.4. The largest absolute Gasteiger partial charge is 0.497 e. The molecule has 0 saturated carbocycles. The van der Waals surface area contributed by atoms with Gasteiger partial charge in [0, 0.05) is 43.0 Å². The molecule has 0 saturated heterocycles. The lowest BCUT2D eigenvalue weighted by molar-refractivity contribution is -0.125. The van der Waals surface area contributed by atoms with Crippen molar-refractivity contribution in [1.29, 1.82) is 0 Å². The van der Waals surface area contributed by atoms with Crippen LogP contribution in [0.4, 0.5) is 0 Å². The summed E-state index contributed by atoms with van der Waals surface area (Å²) < 4.78 is 10.2. The Morgan fingerprint density at radius 2 is 2.12 bits per heavy atom. The number of methoxy groups -OCH3 is 2. The van der Waals surface area contributed by atoms with E-state index >= 15 is 0 Å². The molecule has 1 aliphatic carbocycles. The number of nitrogens with one attached hydrogen (secondary N) is 2. The number of carbonyl (C=O) groups is 1. The maximum Gasteiger partial charge on any atom is 0.223 e. The lowest BCUT2D eigenvalue weighted by Crippen LogP contribution is -2.34. The second kappa shape index (κ2) is 8.16. The number of nitrogens with zero attached hydrogens (tertiary/aromatic N) is 1. The van der Waals surface area contributed by atoms with Gasteiger partial charge in [-0.3, -0.25) is 9.89 Å². The third-order valence-electron chi connectivity index (χ3n) is 4.70. The lowest BCUT2D eigenvalue weighted by atomic mass is 9.85. The SMILES string of the molecule is COCCCNC(=O)[C@H]1CCc2[nH]nc(-c3ccc(OC)cc3)c2C1. The number of carbonyl (C=O) groups excluding carboxylic acids is 1. The molecule has 0 radical (unpaired) electrons. The Kier molecular flexibility index (Phi) is 5.71. The van der Waals surface area contributed by atoms with E-state index in [1.54, 1.807) is 14.2 Å². The van der Waals surface area contributed by atoms with Gasteiger partial charge in [0.1, 0.15) is 5.75 Å². The Balaban J connectivity index is 1.69. The standard InChI is InChI=1S/C19H25N3O3/c1-24-11-3-10-20-19(23)14-6-9-17-16(12-14)18(22-21-17)13-4-7-15(25-2)8-5-13/h4-5,7-8,14H,3,6,9-12H2,1-2H3,(H,20,23)(H,21,22)/t14-/m0/s1. The van der Waals surface area contributed by atoms with Gasteiger partial charge in [0.05, 0.1) is 12.8 Å². The zero-order valence-corrected chi connectivity index (χ0v) is 14.8. The summed E-state index contributed by atoms with van der Waals surface area (Å²) in [5.41, 5.74) is 4.29. The van der Waals surface area contributed by atoms with Gasteiger partial charge >= 0.3 is 0 Å². The summed E-state index contributed by atoms with van der Waals surface area (Å²) in [6.45, 7) is 1.32. The van der Waals surface area contributed by atoms with Crippen LogP contribution in [0, 0.1) is 5.92 Å². The van der Waals surface area contributed by atoms with E-state index in [0.717, 1.165) is 53.9 Å². The smallest absolute Gasteiger partial charge is 0.223 e. The molecule has 2 aromatic rings. The summed E-state index contributed by atoms with van der Waals surface area (Å²) in [5.74, 6) is 0.953. The van der Waals surface area contributed by atoms with Gasteiger partial charge in [-0.05, 0) is 49.9 Å². The van der Waals surface area contributed by atoms with Crippen molar-refractivity contribution in [2.75, 3.05) is 27.4 Å². The van der Waals surface area contributed by atoms with Crippen LogP contribution in [0.25, 0.3) is 11.3 Å². The van der Waals surface area contributed by atoms with Gasteiger partial charge in [0.2, 0.25) is 5.91 Å². The number of benzene rings is 1. The fraction of sp³-hybridized carbons (Fsp3) is 0.474. The van der Waals surface area contributed by atoms with Crippen LogP contribution < -0.4 is 10.1 Å². The minimum Gasteiger partial charge on any atom is -0.497 e. The minimum atomic E-state index is 0.00430. The summed E-state index contributed by atoms with van der Waals surface area (Å²) in [6.07, 6.45) is 3.27. The van der Waals surface area contributed by atoms with Gasteiger partial charge in [-0.25, -0.2) is 0 Å². The van der Waals surface area contributed by atoms with Gasteiger partial charge in [-0.2, -0.15) is 5.10 Å². The van der Waals surface area contributed by atoms with Gasteiger partial charge in [0.15, 0.2) is 0 Å². The molecule has 3 rings (SSSR count). The molecular weight excluding hydrogens is 318 g/mol. The fourth-order valence-electron chi connectivity index (χ4n) is 3.28. The molecule has 134 valence electrons. The van der Waals surface area contributed by atoms with Gasteiger partial charge in [-0.15, -0.1) is 0 Å². The number of aromatic nitrogens is 2. The van der Waals surface area contributed by atoms with E-state index in [2.05, 4.69) is 15.5 Å². The molecule has 0 unspecified atom stereocenters. The summed E-state index contributed by atoms with van der Waals surface area (Å²) in [7, 11) is 3.32. The van der Waals surface area contributed by atoms with E-state index in [-0.39, 0.29) is 11.8 Å². The lowest BCUT2D eigenvalue weighted by Gasteiger charge is -2.22. The predicted octanol–water partition coefficient (Wildman–Crippen LogP) is 2.34. The van der Waals surface area contributed by atoms with Crippen LogP contribution >= 0.6 is 0 Å². The normalized spacial score (nSPS) is 16.3. The number of aromatic amines is 1. The van der Waals surface area contributed by atoms with Crippen molar-refractivity contribution < 1.29 is 14.3 Å². The number of amides is 1. The van der Waals surface area contributed by atoms with E-state index in [4.69, 9.17) is 9.47 Å². The number of hydrogen-bond donors (Lipinski definition) is 2. The van der Waals surface area contributed by atoms with Crippen LogP contribution in [0.1, 0.15) is 24.1 Å². The van der Waals surface area contributed by atoms with Crippen LogP contribution in [0.2, 0.25) is 0 Å². The first kappa shape index (κ1) is 17.5. The van der Waals surface area contributed by atoms with Gasteiger partial charge in [-0.1, -0.05) is 0 Å². The molecule has 0 spiro atoms. The molecule has 1 aromatic heterocycles. The Hall–Kier alpha value is -2.34. The molecule has 1 amide bonds. The molecule has 0 aliphatic heterocycles. The van der Waals surface area contributed by atoms with Crippen molar-refractivity contribution >= 4 is 5.91 Å². The van der Waals surface area contributed by atoms with E-state index in [0.29, 0.717) is 13.2 Å². The summed E-state index contributed by atoms with van der Waals surface area (Å²) in [4.78, 5) is 12.4.